The van der Waals surface area contributed by atoms with Gasteiger partial charge in [0.1, 0.15) is 6.61 Å². The summed E-state index contributed by atoms with van der Waals surface area (Å²) in [5.74, 6) is -1.63. The Morgan fingerprint density at radius 2 is 1.00 bits per heavy atom. The molecule has 56 heavy (non-hydrogen) atoms. The fourth-order valence-electron chi connectivity index (χ4n) is 6.05. The van der Waals surface area contributed by atoms with Crippen LogP contribution in [0.15, 0.2) is 72.9 Å². The van der Waals surface area contributed by atoms with Crippen LogP contribution < -0.4 is 0 Å². The van der Waals surface area contributed by atoms with E-state index in [0.29, 0.717) is 12.8 Å². The quantitative estimate of drug-likeness (QED) is 0.0288. The van der Waals surface area contributed by atoms with Crippen molar-refractivity contribution in [2.75, 3.05) is 41.0 Å². The van der Waals surface area contributed by atoms with Gasteiger partial charge >= 0.3 is 17.9 Å². The van der Waals surface area contributed by atoms with Crippen molar-refractivity contribution in [3.8, 4) is 0 Å². The Labute approximate surface area is 342 Å². The average Bonchev–Trinajstić information content (AvgIpc) is 3.15. The topological polar surface area (TPSA) is 99.1 Å². The summed E-state index contributed by atoms with van der Waals surface area (Å²) in [4.78, 5) is 36.8. The summed E-state index contributed by atoms with van der Waals surface area (Å²) >= 11 is 0. The maximum absolute atomic E-state index is 12.6. The summed E-state index contributed by atoms with van der Waals surface area (Å²) in [6.07, 6.45) is 48.6. The van der Waals surface area contributed by atoms with E-state index >= 15 is 0 Å². The molecule has 0 aromatic heterocycles. The second kappa shape index (κ2) is 38.6. The summed E-state index contributed by atoms with van der Waals surface area (Å²) in [6, 6.07) is -0.629. The van der Waals surface area contributed by atoms with Gasteiger partial charge in [-0.15, -0.1) is 0 Å². The van der Waals surface area contributed by atoms with Crippen LogP contribution in [-0.4, -0.2) is 80.6 Å². The number of allylic oxidation sites excluding steroid dienone is 11. The summed E-state index contributed by atoms with van der Waals surface area (Å²) in [5, 5.41) is 9.59. The first-order chi connectivity index (χ1) is 27.1. The van der Waals surface area contributed by atoms with E-state index in [1.165, 1.54) is 70.6 Å². The molecular formula is C48H82NO7+. The van der Waals surface area contributed by atoms with E-state index in [2.05, 4.69) is 74.6 Å². The van der Waals surface area contributed by atoms with E-state index in [1.54, 1.807) is 6.08 Å². The third kappa shape index (κ3) is 36.4. The predicted octanol–water partition coefficient (Wildman–Crippen LogP) is 12.0. The van der Waals surface area contributed by atoms with Crippen molar-refractivity contribution in [1.29, 1.82) is 0 Å². The lowest BCUT2D eigenvalue weighted by Crippen LogP contribution is -2.50. The number of nitrogens with zero attached hydrogens (tertiary/aromatic N) is 1. The Kier molecular flexibility index (Phi) is 36.4. The highest BCUT2D eigenvalue weighted by atomic mass is 16.6. The van der Waals surface area contributed by atoms with Gasteiger partial charge in [0, 0.05) is 12.8 Å². The second-order valence-corrected chi connectivity index (χ2v) is 15.6. The van der Waals surface area contributed by atoms with Crippen LogP contribution in [-0.2, 0) is 28.6 Å². The van der Waals surface area contributed by atoms with Crippen molar-refractivity contribution in [2.24, 2.45) is 0 Å². The maximum Gasteiger partial charge on any atom is 0.362 e. The highest BCUT2D eigenvalue weighted by molar-refractivity contribution is 5.72. The van der Waals surface area contributed by atoms with Crippen LogP contribution in [0.5, 0.6) is 0 Å². The van der Waals surface area contributed by atoms with E-state index in [0.717, 1.165) is 57.8 Å². The van der Waals surface area contributed by atoms with E-state index in [1.807, 2.05) is 27.2 Å². The van der Waals surface area contributed by atoms with Gasteiger partial charge in [0.25, 0.3) is 0 Å². The number of hydrogen-bond acceptors (Lipinski definition) is 6. The normalized spacial score (nSPS) is 13.7. The van der Waals surface area contributed by atoms with Gasteiger partial charge in [-0.2, -0.15) is 0 Å². The van der Waals surface area contributed by atoms with Gasteiger partial charge in [-0.3, -0.25) is 9.59 Å². The number of quaternary nitrogens is 1. The lowest BCUT2D eigenvalue weighted by Gasteiger charge is -2.31. The van der Waals surface area contributed by atoms with Crippen molar-refractivity contribution in [2.45, 2.75) is 174 Å². The van der Waals surface area contributed by atoms with Crippen LogP contribution >= 0.6 is 0 Å². The number of carbonyl (C=O) groups excluding carboxylic acids is 2. The summed E-state index contributed by atoms with van der Waals surface area (Å²) < 4.78 is 17.1. The number of aliphatic carboxylic acids is 1. The number of carbonyl (C=O) groups is 3. The number of hydrogen-bond donors (Lipinski definition) is 1. The van der Waals surface area contributed by atoms with Crippen LogP contribution in [0.1, 0.15) is 162 Å². The maximum atomic E-state index is 12.6. The minimum Gasteiger partial charge on any atom is -0.477 e. The van der Waals surface area contributed by atoms with E-state index in [4.69, 9.17) is 14.2 Å². The zero-order valence-corrected chi connectivity index (χ0v) is 36.3. The summed E-state index contributed by atoms with van der Waals surface area (Å²) in [7, 11) is 5.49. The monoisotopic (exact) mass is 785 g/mol. The van der Waals surface area contributed by atoms with Gasteiger partial charge in [-0.1, -0.05) is 157 Å². The van der Waals surface area contributed by atoms with Gasteiger partial charge in [-0.25, -0.2) is 4.79 Å². The third-order valence-electron chi connectivity index (χ3n) is 9.38. The Morgan fingerprint density at radius 1 is 0.554 bits per heavy atom. The van der Waals surface area contributed by atoms with Gasteiger partial charge in [-0.05, 0) is 57.8 Å². The SMILES string of the molecule is CC/C=C/C/C=C/C/C=C/CCCCCCCCCCCCCCCC(=O)OCC(COCCC(C(=O)O)[N+](C)(C)C)OC(=O)C/C=C/C/C=C/C/C=C/CC. The van der Waals surface area contributed by atoms with Gasteiger partial charge in [0.05, 0.1) is 40.8 Å². The first kappa shape index (κ1) is 52.8. The third-order valence-corrected chi connectivity index (χ3v) is 9.38. The smallest absolute Gasteiger partial charge is 0.362 e. The molecule has 0 saturated carbocycles. The molecule has 0 saturated heterocycles. The number of ether oxygens (including phenoxy) is 3. The minimum absolute atomic E-state index is 0.0223. The Hall–Kier alpha value is -3.23. The molecule has 0 bridgehead atoms. The number of carboxylic acid groups (broad SMARTS) is 1. The lowest BCUT2D eigenvalue weighted by atomic mass is 10.0. The van der Waals surface area contributed by atoms with Crippen LogP contribution in [0.25, 0.3) is 0 Å². The number of likely N-dealkylation sites (N-methyl/N-ethyl adjacent to an activating group) is 1. The predicted molar refractivity (Wildman–Crippen MR) is 233 cm³/mol. The van der Waals surface area contributed by atoms with Crippen molar-refractivity contribution in [3.05, 3.63) is 72.9 Å². The number of esters is 2. The molecule has 0 aromatic rings. The van der Waals surface area contributed by atoms with E-state index in [-0.39, 0.29) is 36.7 Å². The summed E-state index contributed by atoms with van der Waals surface area (Å²) in [6.45, 7) is 4.38. The van der Waals surface area contributed by atoms with Crippen LogP contribution in [0.3, 0.4) is 0 Å². The van der Waals surface area contributed by atoms with Crippen molar-refractivity contribution < 1.29 is 38.2 Å². The molecule has 2 unspecified atom stereocenters. The van der Waals surface area contributed by atoms with Crippen molar-refractivity contribution in [3.63, 3.8) is 0 Å². The van der Waals surface area contributed by atoms with Crippen LogP contribution in [0.2, 0.25) is 0 Å². The molecule has 1 N–H and O–H groups in total. The van der Waals surface area contributed by atoms with Gasteiger partial charge in [0.2, 0.25) is 0 Å². The minimum atomic E-state index is -0.890. The number of rotatable bonds is 38. The molecule has 0 aromatic carbocycles. The van der Waals surface area contributed by atoms with Crippen LogP contribution in [0, 0.1) is 0 Å². The van der Waals surface area contributed by atoms with Crippen LogP contribution in [0.4, 0.5) is 0 Å². The number of unbranched alkanes of at least 4 members (excludes halogenated alkanes) is 13. The fraction of sp³-hybridized carbons (Fsp3) is 0.688. The standard InChI is InChI=1S/C48H81NO7/c1-6-8-10-12-14-16-17-18-19-20-21-22-23-24-25-26-27-28-29-31-32-34-36-38-46(50)55-43-44(42-54-41-40-45(48(52)53)49(3,4)5)56-47(51)39-37-35-33-30-15-13-11-9-7-2/h8-11,14-16,18-19,30,35,37,44-45H,6-7,12-13,17,20-29,31-34,36,38-43H2,1-5H3/p+1/b10-8+,11-9+,16-14+,19-18+,30-15+,37-35+. The number of carboxylic acids is 1. The van der Waals surface area contributed by atoms with E-state index in [9.17, 15) is 19.5 Å². The molecule has 0 fully saturated rings. The molecule has 0 heterocycles. The molecule has 320 valence electrons. The molecule has 0 radical (unpaired) electrons. The molecule has 0 rings (SSSR count). The highest BCUT2D eigenvalue weighted by Crippen LogP contribution is 2.14. The highest BCUT2D eigenvalue weighted by Gasteiger charge is 2.31. The lowest BCUT2D eigenvalue weighted by molar-refractivity contribution is -0.887. The fourth-order valence-corrected chi connectivity index (χ4v) is 6.05. The van der Waals surface area contributed by atoms with Crippen molar-refractivity contribution in [1.82, 2.24) is 0 Å². The molecule has 0 aliphatic carbocycles. The van der Waals surface area contributed by atoms with Gasteiger partial charge < -0.3 is 23.8 Å². The molecule has 2 atom stereocenters. The molecule has 8 heteroatoms. The molecular weight excluding hydrogens is 703 g/mol. The first-order valence-corrected chi connectivity index (χ1v) is 22.0. The Morgan fingerprint density at radius 3 is 1.48 bits per heavy atom. The first-order valence-electron chi connectivity index (χ1n) is 22.0. The Bertz CT molecular complexity index is 1140. The molecule has 0 aliphatic rings. The molecule has 0 aliphatic heterocycles. The van der Waals surface area contributed by atoms with E-state index < -0.39 is 24.1 Å². The largest absolute Gasteiger partial charge is 0.477 e. The molecule has 8 nitrogen and oxygen atoms in total. The molecule has 0 amide bonds. The average molecular weight is 785 g/mol. The molecule has 0 spiro atoms. The second-order valence-electron chi connectivity index (χ2n) is 15.6. The zero-order valence-electron chi connectivity index (χ0n) is 36.3. The Balaban J connectivity index is 4.21. The summed E-state index contributed by atoms with van der Waals surface area (Å²) in [5.41, 5.74) is 0. The van der Waals surface area contributed by atoms with Crippen molar-refractivity contribution >= 4 is 17.9 Å². The van der Waals surface area contributed by atoms with Gasteiger partial charge in [0.15, 0.2) is 12.1 Å². The zero-order chi connectivity index (χ0) is 41.4.